The van der Waals surface area contributed by atoms with E-state index < -0.39 is 17.9 Å². The normalized spacial score (nSPS) is 10.3. The van der Waals surface area contributed by atoms with Gasteiger partial charge in [-0.25, -0.2) is 9.59 Å². The van der Waals surface area contributed by atoms with Crippen molar-refractivity contribution in [2.75, 3.05) is 0 Å². The van der Waals surface area contributed by atoms with Gasteiger partial charge in [-0.1, -0.05) is 0 Å². The molecule has 1 aromatic rings. The summed E-state index contributed by atoms with van der Waals surface area (Å²) in [4.78, 5) is 33.5. The molecule has 1 aromatic heterocycles. The quantitative estimate of drug-likeness (QED) is 0.710. The number of nitrogens with one attached hydrogen (secondary N) is 2. The van der Waals surface area contributed by atoms with Gasteiger partial charge in [0.15, 0.2) is 0 Å². The zero-order chi connectivity index (χ0) is 13.5. The highest BCUT2D eigenvalue weighted by Gasteiger charge is 2.06. The number of hydrogen-bond acceptors (Lipinski definition) is 4. The summed E-state index contributed by atoms with van der Waals surface area (Å²) in [6.07, 6.45) is 1.43. The number of aryl methyl sites for hydroxylation is 1. The molecular weight excluding hydrogens is 256 g/mol. The molecule has 0 bridgehead atoms. The van der Waals surface area contributed by atoms with Crippen LogP contribution in [0.25, 0.3) is 0 Å². The second-order valence-electron chi connectivity index (χ2n) is 3.37. The molecule has 0 saturated carbocycles. The minimum absolute atomic E-state index is 0.325. The number of aliphatic carboxylic acids is 1. The van der Waals surface area contributed by atoms with Crippen LogP contribution in [0.3, 0.4) is 0 Å². The van der Waals surface area contributed by atoms with Crippen LogP contribution in [0.5, 0.6) is 0 Å². The largest absolute Gasteiger partial charge is 0.478 e. The summed E-state index contributed by atoms with van der Waals surface area (Å²) >= 11 is 1.51. The predicted molar refractivity (Wildman–Crippen MR) is 66.2 cm³/mol. The van der Waals surface area contributed by atoms with Crippen molar-refractivity contribution < 1.29 is 19.5 Å². The highest BCUT2D eigenvalue weighted by molar-refractivity contribution is 7.10. The fraction of sp³-hybridized carbons (Fsp3) is 0.182. The zero-order valence-corrected chi connectivity index (χ0v) is 10.4. The number of carbonyl (C=O) groups is 3. The molecular formula is C11H12N2O4S. The van der Waals surface area contributed by atoms with Crippen LogP contribution >= 0.6 is 11.3 Å². The topological polar surface area (TPSA) is 95.5 Å². The lowest BCUT2D eigenvalue weighted by atomic mass is 10.3. The summed E-state index contributed by atoms with van der Waals surface area (Å²) in [5.41, 5.74) is 1.07. The van der Waals surface area contributed by atoms with Crippen LogP contribution in [-0.4, -0.2) is 23.0 Å². The minimum Gasteiger partial charge on any atom is -0.478 e. The SMILES string of the molecule is Cc1ccsc1CNC(=O)NC(=O)C=CC(=O)O. The highest BCUT2D eigenvalue weighted by atomic mass is 32.1. The Labute approximate surface area is 107 Å². The molecule has 6 nitrogen and oxygen atoms in total. The molecule has 0 aliphatic rings. The van der Waals surface area contributed by atoms with Gasteiger partial charge in [-0.3, -0.25) is 10.1 Å². The van der Waals surface area contributed by atoms with Gasteiger partial charge in [0.25, 0.3) is 5.91 Å². The van der Waals surface area contributed by atoms with Gasteiger partial charge in [-0.2, -0.15) is 0 Å². The molecule has 3 N–H and O–H groups in total. The molecule has 96 valence electrons. The van der Waals surface area contributed by atoms with E-state index in [9.17, 15) is 14.4 Å². The molecule has 0 aliphatic carbocycles. The van der Waals surface area contributed by atoms with Crippen LogP contribution in [0.15, 0.2) is 23.6 Å². The monoisotopic (exact) mass is 268 g/mol. The van der Waals surface area contributed by atoms with Crippen molar-refractivity contribution in [1.29, 1.82) is 0 Å². The van der Waals surface area contributed by atoms with Gasteiger partial charge in [-0.05, 0) is 23.9 Å². The molecule has 0 atom stereocenters. The Kier molecular flexibility index (Phi) is 5.06. The number of rotatable bonds is 4. The molecule has 0 unspecified atom stereocenters. The Morgan fingerprint density at radius 3 is 2.67 bits per heavy atom. The first-order valence-electron chi connectivity index (χ1n) is 5.02. The van der Waals surface area contributed by atoms with E-state index in [1.165, 1.54) is 11.3 Å². The van der Waals surface area contributed by atoms with Gasteiger partial charge in [0.2, 0.25) is 0 Å². The molecule has 7 heteroatoms. The number of amides is 3. The number of imide groups is 1. The van der Waals surface area contributed by atoms with Crippen molar-refractivity contribution in [3.05, 3.63) is 34.0 Å². The first-order chi connectivity index (χ1) is 8.49. The fourth-order valence-electron chi connectivity index (χ4n) is 1.09. The van der Waals surface area contributed by atoms with E-state index in [4.69, 9.17) is 5.11 Å². The summed E-state index contributed by atoms with van der Waals surface area (Å²) in [6, 6.07) is 1.27. The molecule has 3 amide bonds. The maximum absolute atomic E-state index is 11.3. The number of urea groups is 1. The van der Waals surface area contributed by atoms with Crippen molar-refractivity contribution >= 4 is 29.2 Å². The summed E-state index contributed by atoms with van der Waals surface area (Å²) in [5, 5.41) is 14.7. The Balaban J connectivity index is 2.36. The maximum Gasteiger partial charge on any atom is 0.328 e. The van der Waals surface area contributed by atoms with Gasteiger partial charge >= 0.3 is 12.0 Å². The van der Waals surface area contributed by atoms with E-state index in [1.807, 2.05) is 23.7 Å². The second-order valence-corrected chi connectivity index (χ2v) is 4.37. The van der Waals surface area contributed by atoms with Crippen molar-refractivity contribution in [2.45, 2.75) is 13.5 Å². The predicted octanol–water partition coefficient (Wildman–Crippen LogP) is 1.02. The number of carboxylic acid groups (broad SMARTS) is 1. The van der Waals surface area contributed by atoms with E-state index in [0.717, 1.165) is 16.5 Å². The standard InChI is InChI=1S/C11H12N2O4S/c1-7-4-5-18-8(7)6-12-11(17)13-9(14)2-3-10(15)16/h2-5H,6H2,1H3,(H,15,16)(H2,12,13,14,17). The molecule has 0 fully saturated rings. The molecule has 0 aromatic carbocycles. The summed E-state index contributed by atoms with van der Waals surface area (Å²) in [7, 11) is 0. The van der Waals surface area contributed by atoms with Crippen LogP contribution in [0.1, 0.15) is 10.4 Å². The van der Waals surface area contributed by atoms with E-state index in [0.29, 0.717) is 12.6 Å². The van der Waals surface area contributed by atoms with Crippen LogP contribution < -0.4 is 10.6 Å². The van der Waals surface area contributed by atoms with Crippen molar-refractivity contribution in [1.82, 2.24) is 10.6 Å². The molecule has 0 radical (unpaired) electrons. The smallest absolute Gasteiger partial charge is 0.328 e. The van der Waals surface area contributed by atoms with E-state index in [2.05, 4.69) is 5.32 Å². The van der Waals surface area contributed by atoms with Gasteiger partial charge in [0.05, 0.1) is 6.54 Å². The number of hydrogen-bond donors (Lipinski definition) is 3. The van der Waals surface area contributed by atoms with Gasteiger partial charge in [0.1, 0.15) is 0 Å². The Morgan fingerprint density at radius 1 is 1.39 bits per heavy atom. The van der Waals surface area contributed by atoms with Gasteiger partial charge < -0.3 is 10.4 Å². The highest BCUT2D eigenvalue weighted by Crippen LogP contribution is 2.14. The van der Waals surface area contributed by atoms with Crippen molar-refractivity contribution in [3.63, 3.8) is 0 Å². The average Bonchev–Trinajstić information content (AvgIpc) is 2.69. The van der Waals surface area contributed by atoms with E-state index >= 15 is 0 Å². The van der Waals surface area contributed by atoms with Crippen LogP contribution in [0.2, 0.25) is 0 Å². The zero-order valence-electron chi connectivity index (χ0n) is 9.60. The number of carboxylic acids is 1. The lowest BCUT2D eigenvalue weighted by molar-refractivity contribution is -0.131. The number of thiophene rings is 1. The molecule has 0 aliphatic heterocycles. The van der Waals surface area contributed by atoms with Crippen LogP contribution in [0.4, 0.5) is 4.79 Å². The van der Waals surface area contributed by atoms with E-state index in [-0.39, 0.29) is 0 Å². The molecule has 1 heterocycles. The second kappa shape index (κ2) is 6.55. The average molecular weight is 268 g/mol. The molecule has 0 spiro atoms. The minimum atomic E-state index is -1.25. The van der Waals surface area contributed by atoms with Gasteiger partial charge in [0, 0.05) is 17.0 Å². The third-order valence-electron chi connectivity index (χ3n) is 1.99. The van der Waals surface area contributed by atoms with Crippen molar-refractivity contribution in [2.24, 2.45) is 0 Å². The third-order valence-corrected chi connectivity index (χ3v) is 3.01. The molecule has 18 heavy (non-hydrogen) atoms. The van der Waals surface area contributed by atoms with Gasteiger partial charge in [-0.15, -0.1) is 11.3 Å². The third kappa shape index (κ3) is 4.79. The Bertz CT molecular complexity index is 493. The van der Waals surface area contributed by atoms with Crippen LogP contribution in [0, 0.1) is 6.92 Å². The lowest BCUT2D eigenvalue weighted by Gasteiger charge is -2.04. The maximum atomic E-state index is 11.3. The summed E-state index contributed by atoms with van der Waals surface area (Å²) < 4.78 is 0. The lowest BCUT2D eigenvalue weighted by Crippen LogP contribution is -2.38. The van der Waals surface area contributed by atoms with Crippen LogP contribution in [-0.2, 0) is 16.1 Å². The van der Waals surface area contributed by atoms with E-state index in [1.54, 1.807) is 0 Å². The first-order valence-corrected chi connectivity index (χ1v) is 5.90. The Morgan fingerprint density at radius 2 is 2.11 bits per heavy atom. The first kappa shape index (κ1) is 13.9. The fourth-order valence-corrected chi connectivity index (χ4v) is 1.94. The number of carbonyl (C=O) groups excluding carboxylic acids is 2. The summed E-state index contributed by atoms with van der Waals surface area (Å²) in [5.74, 6) is -2.03. The Hall–Kier alpha value is -2.15. The molecule has 1 rings (SSSR count). The summed E-state index contributed by atoms with van der Waals surface area (Å²) in [6.45, 7) is 2.25. The molecule has 0 saturated heterocycles. The van der Waals surface area contributed by atoms with Crippen molar-refractivity contribution in [3.8, 4) is 0 Å².